The minimum Gasteiger partial charge on any atom is -0.493 e. The van der Waals surface area contributed by atoms with Crippen molar-refractivity contribution >= 4 is 17.0 Å². The second-order valence-electron chi connectivity index (χ2n) is 3.17. The van der Waals surface area contributed by atoms with Gasteiger partial charge in [-0.2, -0.15) is 0 Å². The zero-order chi connectivity index (χ0) is 12.1. The minimum atomic E-state index is -2.01. The number of hydrogen-bond acceptors (Lipinski definition) is 3. The summed E-state index contributed by atoms with van der Waals surface area (Å²) in [5, 5.41) is 8.42. The van der Waals surface area contributed by atoms with Crippen LogP contribution in [0.4, 0.5) is 0 Å². The lowest BCUT2D eigenvalue weighted by Crippen LogP contribution is -2.05. The van der Waals surface area contributed by atoms with Crippen LogP contribution in [0, 0.1) is 6.92 Å². The van der Waals surface area contributed by atoms with Crippen molar-refractivity contribution in [3.05, 3.63) is 23.8 Å². The van der Waals surface area contributed by atoms with E-state index in [1.54, 1.807) is 13.0 Å². The topological polar surface area (TPSA) is 83.8 Å². The fourth-order valence-electron chi connectivity index (χ4n) is 1.14. The maximum atomic E-state index is 10.8. The van der Waals surface area contributed by atoms with Crippen LogP contribution in [0.25, 0.3) is 0 Å². The van der Waals surface area contributed by atoms with Crippen molar-refractivity contribution in [2.75, 3.05) is 6.61 Å². The van der Waals surface area contributed by atoms with Crippen LogP contribution in [0.5, 0.6) is 5.75 Å². The van der Waals surface area contributed by atoms with Crippen molar-refractivity contribution in [2.24, 2.45) is 0 Å². The van der Waals surface area contributed by atoms with Gasteiger partial charge in [0, 0.05) is 0 Å². The molecule has 16 heavy (non-hydrogen) atoms. The molecule has 6 heteroatoms. The van der Waals surface area contributed by atoms with E-state index in [0.717, 1.165) is 0 Å². The van der Waals surface area contributed by atoms with Gasteiger partial charge >= 0.3 is 5.97 Å². The Morgan fingerprint density at radius 3 is 2.69 bits per heavy atom. The zero-order valence-corrected chi connectivity index (χ0v) is 9.49. The van der Waals surface area contributed by atoms with Gasteiger partial charge in [0.05, 0.1) is 17.9 Å². The molecule has 0 bridgehead atoms. The second kappa shape index (κ2) is 5.62. The van der Waals surface area contributed by atoms with Crippen LogP contribution < -0.4 is 4.74 Å². The Morgan fingerprint density at radius 1 is 1.50 bits per heavy atom. The molecule has 0 fully saturated rings. The van der Waals surface area contributed by atoms with E-state index in [0.29, 0.717) is 16.2 Å². The van der Waals surface area contributed by atoms with Crippen LogP contribution in [0.1, 0.15) is 12.0 Å². The molecule has 0 amide bonds. The number of aliphatic carboxylic acids is 1. The molecule has 1 unspecified atom stereocenters. The predicted molar refractivity (Wildman–Crippen MR) is 58.0 cm³/mol. The largest absolute Gasteiger partial charge is 0.493 e. The number of rotatable bonds is 5. The average molecular weight is 244 g/mol. The summed E-state index contributed by atoms with van der Waals surface area (Å²) >= 11 is -2.01. The van der Waals surface area contributed by atoms with E-state index >= 15 is 0 Å². The van der Waals surface area contributed by atoms with Crippen LogP contribution in [0.15, 0.2) is 23.1 Å². The van der Waals surface area contributed by atoms with Crippen molar-refractivity contribution in [1.29, 1.82) is 0 Å². The van der Waals surface area contributed by atoms with Crippen LogP contribution in [0.3, 0.4) is 0 Å². The first-order valence-electron chi connectivity index (χ1n) is 4.57. The van der Waals surface area contributed by atoms with E-state index in [-0.39, 0.29) is 13.0 Å². The minimum absolute atomic E-state index is 0.0763. The summed E-state index contributed by atoms with van der Waals surface area (Å²) in [6.07, 6.45) is -0.0763. The van der Waals surface area contributed by atoms with Crippen LogP contribution >= 0.6 is 0 Å². The maximum absolute atomic E-state index is 10.8. The van der Waals surface area contributed by atoms with Gasteiger partial charge in [0.25, 0.3) is 0 Å². The smallest absolute Gasteiger partial charge is 0.306 e. The number of benzene rings is 1. The summed E-state index contributed by atoms with van der Waals surface area (Å²) < 4.78 is 24.8. The van der Waals surface area contributed by atoms with Crippen molar-refractivity contribution in [3.8, 4) is 5.75 Å². The summed E-state index contributed by atoms with van der Waals surface area (Å²) in [6, 6.07) is 4.56. The van der Waals surface area contributed by atoms with Gasteiger partial charge in [0.2, 0.25) is 0 Å². The van der Waals surface area contributed by atoms with E-state index < -0.39 is 17.0 Å². The molecule has 0 radical (unpaired) electrons. The highest BCUT2D eigenvalue weighted by atomic mass is 32.2. The number of carboxylic acids is 1. The van der Waals surface area contributed by atoms with Crippen molar-refractivity contribution in [2.45, 2.75) is 18.2 Å². The lowest BCUT2D eigenvalue weighted by Gasteiger charge is -2.08. The average Bonchev–Trinajstić information content (AvgIpc) is 2.19. The molecule has 1 rings (SSSR count). The lowest BCUT2D eigenvalue weighted by atomic mass is 10.2. The van der Waals surface area contributed by atoms with E-state index in [9.17, 15) is 9.00 Å². The van der Waals surface area contributed by atoms with Crippen LogP contribution in [-0.2, 0) is 15.9 Å². The fraction of sp³-hybridized carbons (Fsp3) is 0.300. The van der Waals surface area contributed by atoms with E-state index in [1.807, 2.05) is 0 Å². The van der Waals surface area contributed by atoms with E-state index in [2.05, 4.69) is 0 Å². The molecular formula is C10H12O5S. The number of ether oxygens (including phenoxy) is 1. The normalized spacial score (nSPS) is 12.1. The van der Waals surface area contributed by atoms with Gasteiger partial charge in [-0.05, 0) is 30.7 Å². The molecular weight excluding hydrogens is 232 g/mol. The third kappa shape index (κ3) is 3.63. The number of aryl methyl sites for hydroxylation is 1. The monoisotopic (exact) mass is 244 g/mol. The highest BCUT2D eigenvalue weighted by Crippen LogP contribution is 2.20. The predicted octanol–water partition coefficient (Wildman–Crippen LogP) is 1.43. The molecule has 1 atom stereocenters. The quantitative estimate of drug-likeness (QED) is 0.765. The van der Waals surface area contributed by atoms with E-state index in [1.165, 1.54) is 12.1 Å². The molecule has 1 aromatic carbocycles. The molecule has 1 aromatic rings. The highest BCUT2D eigenvalue weighted by molar-refractivity contribution is 7.79. The molecule has 88 valence electrons. The molecule has 0 aliphatic rings. The summed E-state index contributed by atoms with van der Waals surface area (Å²) in [7, 11) is 0. The molecule has 0 saturated carbocycles. The van der Waals surface area contributed by atoms with Crippen molar-refractivity contribution in [1.82, 2.24) is 0 Å². The molecule has 0 aliphatic heterocycles. The van der Waals surface area contributed by atoms with Crippen molar-refractivity contribution < 1.29 is 23.4 Å². The summed E-state index contributed by atoms with van der Waals surface area (Å²) in [6.45, 7) is 1.81. The number of hydrogen-bond donors (Lipinski definition) is 2. The summed E-state index contributed by atoms with van der Waals surface area (Å²) in [5.74, 6) is -0.402. The lowest BCUT2D eigenvalue weighted by molar-refractivity contribution is -0.137. The van der Waals surface area contributed by atoms with Gasteiger partial charge < -0.3 is 14.4 Å². The molecule has 5 nitrogen and oxygen atoms in total. The molecule has 0 aliphatic carbocycles. The number of carboxylic acid groups (broad SMARTS) is 1. The van der Waals surface area contributed by atoms with E-state index in [4.69, 9.17) is 14.4 Å². The molecule has 0 saturated heterocycles. The SMILES string of the molecule is Cc1cc(S(=O)O)ccc1OCCC(=O)O. The number of carbonyl (C=O) groups is 1. The fourth-order valence-corrected chi connectivity index (χ4v) is 1.60. The molecule has 2 N–H and O–H groups in total. The second-order valence-corrected chi connectivity index (χ2v) is 4.14. The maximum Gasteiger partial charge on any atom is 0.306 e. The third-order valence-corrected chi connectivity index (χ3v) is 2.58. The zero-order valence-electron chi connectivity index (χ0n) is 8.67. The van der Waals surface area contributed by atoms with Gasteiger partial charge in [-0.25, -0.2) is 4.21 Å². The highest BCUT2D eigenvalue weighted by Gasteiger charge is 2.05. The Morgan fingerprint density at radius 2 is 2.19 bits per heavy atom. The van der Waals surface area contributed by atoms with Crippen LogP contribution in [-0.4, -0.2) is 26.4 Å². The Balaban J connectivity index is 2.68. The Bertz CT molecular complexity index is 416. The standard InChI is InChI=1S/C10H12O5S/c1-7-6-8(16(13)14)2-3-9(7)15-5-4-10(11)12/h2-3,6H,4-5H2,1H3,(H,11,12)(H,13,14). The van der Waals surface area contributed by atoms with Gasteiger partial charge in [-0.3, -0.25) is 4.79 Å². The van der Waals surface area contributed by atoms with Gasteiger partial charge in [-0.1, -0.05) is 0 Å². The molecule has 0 spiro atoms. The van der Waals surface area contributed by atoms with Gasteiger partial charge in [0.15, 0.2) is 11.1 Å². The van der Waals surface area contributed by atoms with Gasteiger partial charge in [-0.15, -0.1) is 0 Å². The first-order valence-corrected chi connectivity index (χ1v) is 5.67. The Hall–Kier alpha value is -1.40. The summed E-state index contributed by atoms with van der Waals surface area (Å²) in [5.41, 5.74) is 0.699. The van der Waals surface area contributed by atoms with Gasteiger partial charge in [0.1, 0.15) is 5.75 Å². The Labute approximate surface area is 95.3 Å². The summed E-state index contributed by atoms with van der Waals surface area (Å²) in [4.78, 5) is 10.6. The third-order valence-electron chi connectivity index (χ3n) is 1.92. The molecule has 0 aromatic heterocycles. The molecule has 0 heterocycles. The Kier molecular flexibility index (Phi) is 4.45. The van der Waals surface area contributed by atoms with Crippen molar-refractivity contribution in [3.63, 3.8) is 0 Å². The first kappa shape index (κ1) is 12.7. The first-order chi connectivity index (χ1) is 7.50. The van der Waals surface area contributed by atoms with Crippen LogP contribution in [0.2, 0.25) is 0 Å².